The van der Waals surface area contributed by atoms with Crippen molar-refractivity contribution < 1.29 is 28.0 Å². The molecule has 0 aromatic heterocycles. The number of nitro groups is 1. The number of carboxylic acids is 1. The molecule has 0 radical (unpaired) electrons. The molecule has 0 spiro atoms. The molecule has 0 saturated carbocycles. The molecule has 2 unspecified atom stereocenters. The van der Waals surface area contributed by atoms with Crippen LogP contribution in [0, 0.1) is 10.1 Å². The van der Waals surface area contributed by atoms with E-state index in [9.17, 15) is 28.1 Å². The van der Waals surface area contributed by atoms with E-state index in [4.69, 9.17) is 5.11 Å². The van der Waals surface area contributed by atoms with Crippen LogP contribution in [-0.4, -0.2) is 28.0 Å². The van der Waals surface area contributed by atoms with Gasteiger partial charge in [-0.2, -0.15) is 4.39 Å². The van der Waals surface area contributed by atoms with Gasteiger partial charge in [-0.15, -0.1) is 0 Å². The normalized spacial score (nSPS) is 30.5. The van der Waals surface area contributed by atoms with Gasteiger partial charge in [0.1, 0.15) is 0 Å². The fraction of sp³-hybridized carbons (Fsp3) is 0.286. The highest BCUT2D eigenvalue weighted by molar-refractivity contribution is 5.91. The summed E-state index contributed by atoms with van der Waals surface area (Å²) in [6.45, 7) is 0. The van der Waals surface area contributed by atoms with Crippen LogP contribution in [0.3, 0.4) is 0 Å². The topological polar surface area (TPSA) is 80.4 Å². The summed E-state index contributed by atoms with van der Waals surface area (Å²) in [6.07, 6.45) is -2.84. The molecule has 0 heterocycles. The van der Waals surface area contributed by atoms with Crippen molar-refractivity contribution in [2.45, 2.75) is 12.0 Å². The first-order chi connectivity index (χ1) is 6.80. The Labute approximate surface area is 80.6 Å². The molecule has 15 heavy (non-hydrogen) atoms. The second-order valence-electron chi connectivity index (χ2n) is 2.75. The minimum absolute atomic E-state index is 0.0736. The van der Waals surface area contributed by atoms with Crippen LogP contribution in [-0.2, 0) is 4.79 Å². The predicted octanol–water partition coefficient (Wildman–Crippen LogP) is 1.15. The lowest BCUT2D eigenvalue weighted by Crippen LogP contribution is -2.43. The Bertz CT molecular complexity index is 392. The number of carboxylic acid groups (broad SMARTS) is 1. The molecule has 1 rings (SSSR count). The van der Waals surface area contributed by atoms with E-state index >= 15 is 0 Å². The minimum atomic E-state index is -3.75. The number of alkyl halides is 2. The Kier molecular flexibility index (Phi) is 2.52. The molecule has 0 aliphatic heterocycles. The highest BCUT2D eigenvalue weighted by atomic mass is 19.2. The third kappa shape index (κ3) is 1.58. The molecule has 8 heteroatoms. The predicted molar refractivity (Wildman–Crippen MR) is 40.6 cm³/mol. The van der Waals surface area contributed by atoms with Crippen LogP contribution in [0.25, 0.3) is 0 Å². The van der Waals surface area contributed by atoms with Gasteiger partial charge >= 0.3 is 11.8 Å². The van der Waals surface area contributed by atoms with Gasteiger partial charge in [0.25, 0.3) is 6.17 Å². The SMILES string of the molecule is O=C(O)C1=C(F)C(F)C(F)([N+](=O)[O-])C=C1. The summed E-state index contributed by atoms with van der Waals surface area (Å²) in [6, 6.07) is 0. The van der Waals surface area contributed by atoms with Crippen LogP contribution in [0.4, 0.5) is 13.2 Å². The number of aliphatic carboxylic acids is 1. The number of hydrogen-bond acceptors (Lipinski definition) is 3. The quantitative estimate of drug-likeness (QED) is 0.432. The fourth-order valence-electron chi connectivity index (χ4n) is 1.01. The van der Waals surface area contributed by atoms with Crippen molar-refractivity contribution in [3.8, 4) is 0 Å². The van der Waals surface area contributed by atoms with Crippen LogP contribution in [0.15, 0.2) is 23.6 Å². The maximum Gasteiger partial charge on any atom is 0.415 e. The molecule has 0 aromatic rings. The molecule has 0 bridgehead atoms. The maximum absolute atomic E-state index is 13.1. The monoisotopic (exact) mass is 223 g/mol. The number of rotatable bonds is 2. The molecule has 82 valence electrons. The number of hydrogen-bond donors (Lipinski definition) is 1. The van der Waals surface area contributed by atoms with E-state index in [2.05, 4.69) is 0 Å². The Hall–Kier alpha value is -1.86. The van der Waals surface area contributed by atoms with Gasteiger partial charge in [0.2, 0.25) is 0 Å². The van der Waals surface area contributed by atoms with Gasteiger partial charge in [-0.05, 0) is 6.08 Å². The molecule has 2 atom stereocenters. The van der Waals surface area contributed by atoms with Gasteiger partial charge in [-0.3, -0.25) is 10.1 Å². The summed E-state index contributed by atoms with van der Waals surface area (Å²) in [4.78, 5) is 18.7. The molecule has 1 aliphatic rings. The van der Waals surface area contributed by atoms with E-state index in [1.54, 1.807) is 0 Å². The van der Waals surface area contributed by atoms with Crippen LogP contribution in [0.5, 0.6) is 0 Å². The summed E-state index contributed by atoms with van der Waals surface area (Å²) < 4.78 is 38.9. The minimum Gasteiger partial charge on any atom is -0.478 e. The lowest BCUT2D eigenvalue weighted by molar-refractivity contribution is -0.597. The van der Waals surface area contributed by atoms with Gasteiger partial charge in [0.05, 0.1) is 10.5 Å². The highest BCUT2D eigenvalue weighted by Gasteiger charge is 2.55. The summed E-state index contributed by atoms with van der Waals surface area (Å²) in [7, 11) is 0. The van der Waals surface area contributed by atoms with E-state index in [1.807, 2.05) is 0 Å². The van der Waals surface area contributed by atoms with Crippen molar-refractivity contribution in [3.05, 3.63) is 33.7 Å². The van der Waals surface area contributed by atoms with Crippen molar-refractivity contribution in [3.63, 3.8) is 0 Å². The number of carbonyl (C=O) groups is 1. The molecule has 0 aromatic carbocycles. The first-order valence-electron chi connectivity index (χ1n) is 3.60. The van der Waals surface area contributed by atoms with E-state index in [0.717, 1.165) is 0 Å². The van der Waals surface area contributed by atoms with E-state index in [0.29, 0.717) is 6.08 Å². The summed E-state index contributed by atoms with van der Waals surface area (Å²) in [5.41, 5.74) is -1.13. The molecule has 1 aliphatic carbocycles. The maximum atomic E-state index is 13.1. The van der Waals surface area contributed by atoms with E-state index in [-0.39, 0.29) is 6.08 Å². The van der Waals surface area contributed by atoms with Gasteiger partial charge in [-0.25, -0.2) is 13.6 Å². The van der Waals surface area contributed by atoms with Crippen molar-refractivity contribution in [1.82, 2.24) is 0 Å². The molecular formula is C7H4F3NO4. The fourth-order valence-corrected chi connectivity index (χ4v) is 1.01. The molecule has 0 fully saturated rings. The van der Waals surface area contributed by atoms with Gasteiger partial charge in [0, 0.05) is 6.08 Å². The average Bonchev–Trinajstić information content (AvgIpc) is 2.13. The lowest BCUT2D eigenvalue weighted by Gasteiger charge is -2.19. The third-order valence-electron chi connectivity index (χ3n) is 1.83. The zero-order valence-electron chi connectivity index (χ0n) is 6.99. The van der Waals surface area contributed by atoms with E-state index in [1.165, 1.54) is 0 Å². The largest absolute Gasteiger partial charge is 0.478 e. The first-order valence-corrected chi connectivity index (χ1v) is 3.60. The van der Waals surface area contributed by atoms with Crippen LogP contribution >= 0.6 is 0 Å². The van der Waals surface area contributed by atoms with Crippen LogP contribution < -0.4 is 0 Å². The van der Waals surface area contributed by atoms with Crippen molar-refractivity contribution in [1.29, 1.82) is 0 Å². The summed E-state index contributed by atoms with van der Waals surface area (Å²) >= 11 is 0. The smallest absolute Gasteiger partial charge is 0.415 e. The first kappa shape index (κ1) is 11.2. The van der Waals surface area contributed by atoms with Gasteiger partial charge < -0.3 is 5.11 Å². The van der Waals surface area contributed by atoms with Gasteiger partial charge in [-0.1, -0.05) is 0 Å². The second kappa shape index (κ2) is 3.37. The third-order valence-corrected chi connectivity index (χ3v) is 1.83. The van der Waals surface area contributed by atoms with Crippen molar-refractivity contribution in [2.75, 3.05) is 0 Å². The Morgan fingerprint density at radius 3 is 2.60 bits per heavy atom. The molecule has 1 N–H and O–H groups in total. The summed E-state index contributed by atoms with van der Waals surface area (Å²) in [5, 5.41) is 18.4. The van der Waals surface area contributed by atoms with E-state index < -0.39 is 34.3 Å². The van der Waals surface area contributed by atoms with Crippen molar-refractivity contribution >= 4 is 5.97 Å². The lowest BCUT2D eigenvalue weighted by atomic mass is 9.98. The molecule has 0 amide bonds. The number of halogens is 3. The average molecular weight is 223 g/mol. The number of nitrogens with zero attached hydrogens (tertiary/aromatic N) is 1. The zero-order valence-corrected chi connectivity index (χ0v) is 6.99. The zero-order chi connectivity index (χ0) is 11.8. The van der Waals surface area contributed by atoms with Crippen molar-refractivity contribution in [2.24, 2.45) is 0 Å². The second-order valence-corrected chi connectivity index (χ2v) is 2.75. The van der Waals surface area contributed by atoms with Crippen LogP contribution in [0.2, 0.25) is 0 Å². The Morgan fingerprint density at radius 2 is 2.20 bits per heavy atom. The Morgan fingerprint density at radius 1 is 1.67 bits per heavy atom. The molecular weight excluding hydrogens is 219 g/mol. The van der Waals surface area contributed by atoms with Gasteiger partial charge in [0.15, 0.2) is 5.83 Å². The molecule has 5 nitrogen and oxygen atoms in total. The highest BCUT2D eigenvalue weighted by Crippen LogP contribution is 2.34. The van der Waals surface area contributed by atoms with Crippen LogP contribution in [0.1, 0.15) is 0 Å². The standard InChI is InChI=1S/C7H4F3NO4/c8-4-3(6(12)13)1-2-7(10,5(4)9)11(14)15/h1-2,5H,(H,12,13). The summed E-state index contributed by atoms with van der Waals surface area (Å²) in [5.74, 6) is -7.57. The molecule has 0 saturated heterocycles. The Balaban J connectivity index is 3.20.